The molecular weight excluding hydrogens is 377 g/mol. The summed E-state index contributed by atoms with van der Waals surface area (Å²) in [6, 6.07) is 9.26. The molecule has 132 valence electrons. The number of thiocarbonyl (C=S) groups is 1. The van der Waals surface area contributed by atoms with Crippen LogP contribution in [0.1, 0.15) is 18.4 Å². The number of pyridine rings is 1. The molecule has 1 atom stereocenters. The molecule has 1 aromatic heterocycles. The van der Waals surface area contributed by atoms with Gasteiger partial charge >= 0.3 is 0 Å². The summed E-state index contributed by atoms with van der Waals surface area (Å²) in [6.45, 7) is 2.20. The van der Waals surface area contributed by atoms with Gasteiger partial charge in [-0.3, -0.25) is 4.98 Å². The lowest BCUT2D eigenvalue weighted by Crippen LogP contribution is -2.39. The Morgan fingerprint density at radius 2 is 2.24 bits per heavy atom. The third kappa shape index (κ3) is 5.28. The summed E-state index contributed by atoms with van der Waals surface area (Å²) >= 11 is 17.8. The Balaban J connectivity index is 1.73. The van der Waals surface area contributed by atoms with Gasteiger partial charge in [-0.1, -0.05) is 29.3 Å². The fourth-order valence-corrected chi connectivity index (χ4v) is 3.46. The minimum absolute atomic E-state index is 0.192. The maximum absolute atomic E-state index is 6.25. The first-order valence-corrected chi connectivity index (χ1v) is 9.30. The van der Waals surface area contributed by atoms with Gasteiger partial charge in [-0.25, -0.2) is 0 Å². The number of hydrogen-bond acceptors (Lipinski definition) is 3. The molecule has 2 aromatic rings. The number of ether oxygens (including phenoxy) is 1. The Morgan fingerprint density at radius 3 is 2.92 bits per heavy atom. The van der Waals surface area contributed by atoms with E-state index in [-0.39, 0.29) is 6.10 Å². The van der Waals surface area contributed by atoms with Crippen LogP contribution in [0.15, 0.2) is 42.7 Å². The smallest absolute Gasteiger partial charge is 0.173 e. The molecule has 1 aliphatic rings. The van der Waals surface area contributed by atoms with E-state index in [2.05, 4.69) is 15.2 Å². The molecule has 1 aromatic carbocycles. The molecule has 25 heavy (non-hydrogen) atoms. The topological polar surface area (TPSA) is 37.4 Å². The van der Waals surface area contributed by atoms with Crippen molar-refractivity contribution in [2.45, 2.75) is 25.5 Å². The minimum atomic E-state index is 0.192. The Morgan fingerprint density at radius 1 is 1.36 bits per heavy atom. The second-order valence-electron chi connectivity index (χ2n) is 5.93. The van der Waals surface area contributed by atoms with Crippen molar-refractivity contribution >= 4 is 46.2 Å². The zero-order valence-electron chi connectivity index (χ0n) is 13.6. The third-order valence-electron chi connectivity index (χ3n) is 4.00. The number of nitrogens with one attached hydrogen (secondary N) is 1. The molecule has 0 unspecified atom stereocenters. The lowest BCUT2D eigenvalue weighted by Gasteiger charge is -2.28. The Kier molecular flexibility index (Phi) is 6.48. The van der Waals surface area contributed by atoms with Crippen LogP contribution in [0.2, 0.25) is 10.0 Å². The maximum atomic E-state index is 6.25. The number of benzene rings is 1. The Labute approximate surface area is 163 Å². The van der Waals surface area contributed by atoms with Crippen LogP contribution in [0.4, 0.5) is 5.69 Å². The number of rotatable bonds is 5. The van der Waals surface area contributed by atoms with Gasteiger partial charge in [-0.2, -0.15) is 0 Å². The Bertz CT molecular complexity index is 724. The van der Waals surface area contributed by atoms with Gasteiger partial charge in [0.2, 0.25) is 0 Å². The molecule has 0 radical (unpaired) electrons. The van der Waals surface area contributed by atoms with E-state index in [1.54, 1.807) is 18.3 Å². The SMILES string of the molecule is S=C(Nc1ccc(Cl)cc1Cl)N(Cc1cccnc1)C[C@@H]1CCCO1. The van der Waals surface area contributed by atoms with Gasteiger partial charge in [-0.05, 0) is 54.9 Å². The monoisotopic (exact) mass is 395 g/mol. The summed E-state index contributed by atoms with van der Waals surface area (Å²) in [7, 11) is 0. The van der Waals surface area contributed by atoms with Crippen molar-refractivity contribution in [3.05, 3.63) is 58.3 Å². The summed E-state index contributed by atoms with van der Waals surface area (Å²) in [5, 5.41) is 4.95. The van der Waals surface area contributed by atoms with Crippen molar-refractivity contribution in [2.24, 2.45) is 0 Å². The molecule has 0 spiro atoms. The van der Waals surface area contributed by atoms with Gasteiger partial charge in [0.15, 0.2) is 5.11 Å². The molecule has 7 heteroatoms. The minimum Gasteiger partial charge on any atom is -0.376 e. The molecule has 2 heterocycles. The highest BCUT2D eigenvalue weighted by Crippen LogP contribution is 2.26. The molecular formula is C18H19Cl2N3OS. The lowest BCUT2D eigenvalue weighted by molar-refractivity contribution is 0.0905. The van der Waals surface area contributed by atoms with Crippen molar-refractivity contribution in [2.75, 3.05) is 18.5 Å². The number of hydrogen-bond donors (Lipinski definition) is 1. The van der Waals surface area contributed by atoms with Crippen molar-refractivity contribution in [3.63, 3.8) is 0 Å². The van der Waals surface area contributed by atoms with Gasteiger partial charge in [0.25, 0.3) is 0 Å². The summed E-state index contributed by atoms with van der Waals surface area (Å²) in [5.74, 6) is 0. The predicted molar refractivity (Wildman–Crippen MR) is 106 cm³/mol. The van der Waals surface area contributed by atoms with Gasteiger partial charge < -0.3 is 15.0 Å². The lowest BCUT2D eigenvalue weighted by atomic mass is 10.2. The van der Waals surface area contributed by atoms with E-state index < -0.39 is 0 Å². The van der Waals surface area contributed by atoms with Crippen molar-refractivity contribution in [1.82, 2.24) is 9.88 Å². The van der Waals surface area contributed by atoms with Crippen LogP contribution < -0.4 is 5.32 Å². The summed E-state index contributed by atoms with van der Waals surface area (Å²) in [4.78, 5) is 6.27. The van der Waals surface area contributed by atoms with Crippen molar-refractivity contribution in [3.8, 4) is 0 Å². The highest BCUT2D eigenvalue weighted by atomic mass is 35.5. The number of halogens is 2. The normalized spacial score (nSPS) is 16.6. The summed E-state index contributed by atoms with van der Waals surface area (Å²) in [6.07, 6.45) is 5.94. The molecule has 4 nitrogen and oxygen atoms in total. The fraction of sp³-hybridized carbons (Fsp3) is 0.333. The van der Waals surface area contributed by atoms with Crippen molar-refractivity contribution in [1.29, 1.82) is 0 Å². The van der Waals surface area contributed by atoms with Crippen LogP contribution in [0.5, 0.6) is 0 Å². The summed E-state index contributed by atoms with van der Waals surface area (Å²) in [5.41, 5.74) is 1.83. The zero-order chi connectivity index (χ0) is 17.6. The van der Waals surface area contributed by atoms with Gasteiger partial charge in [0, 0.05) is 37.1 Å². The van der Waals surface area contributed by atoms with Crippen molar-refractivity contribution < 1.29 is 4.74 Å². The molecule has 1 N–H and O–H groups in total. The average Bonchev–Trinajstić information content (AvgIpc) is 3.11. The van der Waals surface area contributed by atoms with E-state index >= 15 is 0 Å². The molecule has 3 rings (SSSR count). The quantitative estimate of drug-likeness (QED) is 0.738. The van der Waals surface area contributed by atoms with Gasteiger partial charge in [0.05, 0.1) is 16.8 Å². The van der Waals surface area contributed by atoms with Crippen LogP contribution in [-0.2, 0) is 11.3 Å². The molecule has 0 bridgehead atoms. The zero-order valence-corrected chi connectivity index (χ0v) is 15.9. The summed E-state index contributed by atoms with van der Waals surface area (Å²) < 4.78 is 5.77. The standard InChI is InChI=1S/C18H19Cl2N3OS/c19-14-5-6-17(16(20)9-14)22-18(25)23(12-15-4-2-8-24-15)11-13-3-1-7-21-10-13/h1,3,5-7,9-10,15H,2,4,8,11-12H2,(H,22,25)/t15-/m0/s1. The van der Waals surface area contributed by atoms with Gasteiger partial charge in [-0.15, -0.1) is 0 Å². The van der Waals surface area contributed by atoms with E-state index in [0.717, 1.165) is 37.2 Å². The molecule has 1 aliphatic heterocycles. The first-order chi connectivity index (χ1) is 12.1. The van der Waals surface area contributed by atoms with Crippen LogP contribution in [-0.4, -0.2) is 34.3 Å². The highest BCUT2D eigenvalue weighted by molar-refractivity contribution is 7.80. The maximum Gasteiger partial charge on any atom is 0.173 e. The van der Waals surface area contributed by atoms with Crippen LogP contribution in [0.25, 0.3) is 0 Å². The second-order valence-corrected chi connectivity index (χ2v) is 7.16. The molecule has 0 aliphatic carbocycles. The van der Waals surface area contributed by atoms with Gasteiger partial charge in [0.1, 0.15) is 0 Å². The van der Waals surface area contributed by atoms with Crippen LogP contribution in [0.3, 0.4) is 0 Å². The largest absolute Gasteiger partial charge is 0.376 e. The van der Waals surface area contributed by atoms with E-state index in [9.17, 15) is 0 Å². The van der Waals surface area contributed by atoms with E-state index in [1.807, 2.05) is 24.4 Å². The first kappa shape index (κ1) is 18.4. The van der Waals surface area contributed by atoms with E-state index in [1.165, 1.54) is 0 Å². The molecule has 1 fully saturated rings. The molecule has 0 amide bonds. The molecule has 0 saturated carbocycles. The Hall–Kier alpha value is -1.40. The third-order valence-corrected chi connectivity index (χ3v) is 4.91. The second kappa shape index (κ2) is 8.81. The first-order valence-electron chi connectivity index (χ1n) is 8.13. The molecule has 1 saturated heterocycles. The number of nitrogens with zero attached hydrogens (tertiary/aromatic N) is 2. The van der Waals surface area contributed by atoms with Crippen LogP contribution in [0, 0.1) is 0 Å². The average molecular weight is 396 g/mol. The fourth-order valence-electron chi connectivity index (χ4n) is 2.75. The van der Waals surface area contributed by atoms with E-state index in [4.69, 9.17) is 40.2 Å². The number of anilines is 1. The van der Waals surface area contributed by atoms with E-state index in [0.29, 0.717) is 21.7 Å². The van der Waals surface area contributed by atoms with Crippen LogP contribution >= 0.6 is 35.4 Å². The predicted octanol–water partition coefficient (Wildman–Crippen LogP) is 4.77. The highest BCUT2D eigenvalue weighted by Gasteiger charge is 2.21. The number of aromatic nitrogens is 1.